The fourth-order valence-electron chi connectivity index (χ4n) is 3.50. The van der Waals surface area contributed by atoms with Gasteiger partial charge in [0.05, 0.1) is 0 Å². The largest absolute Gasteiger partial charge is 0.487 e. The molecule has 98 valence electrons. The van der Waals surface area contributed by atoms with E-state index in [0.717, 1.165) is 30.6 Å². The predicted molar refractivity (Wildman–Crippen MR) is 67.3 cm³/mol. The molecule has 1 aliphatic carbocycles. The minimum atomic E-state index is -0.220. The van der Waals surface area contributed by atoms with E-state index in [1.54, 1.807) is 12.1 Å². The molecule has 3 rings (SSSR count). The van der Waals surface area contributed by atoms with Gasteiger partial charge < -0.3 is 9.84 Å². The first-order valence-corrected chi connectivity index (χ1v) is 6.82. The first-order chi connectivity index (χ1) is 8.72. The summed E-state index contributed by atoms with van der Waals surface area (Å²) in [5, 5.41) is 9.21. The molecule has 1 aliphatic heterocycles. The standard InChI is InChI=1S/C15H19FO2/c16-12-3-4-14-13(9-12)11(5-8-17)10-15(18-14)6-1-2-7-15/h3-4,9,11,17H,1-2,5-8,10H2. The molecule has 1 aromatic carbocycles. The van der Waals surface area contributed by atoms with Crippen molar-refractivity contribution in [3.63, 3.8) is 0 Å². The highest BCUT2D eigenvalue weighted by atomic mass is 19.1. The Balaban J connectivity index is 1.97. The Morgan fingerprint density at radius 3 is 2.83 bits per heavy atom. The molecule has 1 N–H and O–H groups in total. The van der Waals surface area contributed by atoms with Gasteiger partial charge in [-0.3, -0.25) is 0 Å². The van der Waals surface area contributed by atoms with Gasteiger partial charge in [-0.05, 0) is 62.6 Å². The molecule has 1 unspecified atom stereocenters. The minimum absolute atomic E-state index is 0.0509. The number of hydrogen-bond acceptors (Lipinski definition) is 2. The van der Waals surface area contributed by atoms with Gasteiger partial charge in [-0.1, -0.05) is 0 Å². The van der Waals surface area contributed by atoms with Gasteiger partial charge >= 0.3 is 0 Å². The summed E-state index contributed by atoms with van der Waals surface area (Å²) in [7, 11) is 0. The quantitative estimate of drug-likeness (QED) is 0.871. The molecular weight excluding hydrogens is 231 g/mol. The topological polar surface area (TPSA) is 29.5 Å². The van der Waals surface area contributed by atoms with Gasteiger partial charge in [0.1, 0.15) is 17.2 Å². The molecule has 3 heteroatoms. The number of fused-ring (bicyclic) bond motifs is 1. The van der Waals surface area contributed by atoms with Crippen LogP contribution in [0.4, 0.5) is 4.39 Å². The van der Waals surface area contributed by atoms with Crippen molar-refractivity contribution >= 4 is 0 Å². The van der Waals surface area contributed by atoms with Crippen LogP contribution in [-0.2, 0) is 0 Å². The summed E-state index contributed by atoms with van der Waals surface area (Å²) in [6.45, 7) is 0.150. The Morgan fingerprint density at radius 2 is 2.11 bits per heavy atom. The number of benzene rings is 1. The lowest BCUT2D eigenvalue weighted by atomic mass is 9.80. The van der Waals surface area contributed by atoms with Crippen molar-refractivity contribution in [3.05, 3.63) is 29.6 Å². The molecule has 0 aromatic heterocycles. The van der Waals surface area contributed by atoms with E-state index in [2.05, 4.69) is 0 Å². The summed E-state index contributed by atoms with van der Waals surface area (Å²) in [5.41, 5.74) is 0.881. The van der Waals surface area contributed by atoms with Crippen LogP contribution in [0.15, 0.2) is 18.2 Å². The fraction of sp³-hybridized carbons (Fsp3) is 0.600. The number of rotatable bonds is 2. The first kappa shape index (κ1) is 12.0. The summed E-state index contributed by atoms with van der Waals surface area (Å²) in [4.78, 5) is 0. The Morgan fingerprint density at radius 1 is 1.33 bits per heavy atom. The molecular formula is C15H19FO2. The molecule has 0 radical (unpaired) electrons. The summed E-state index contributed by atoms with van der Waals surface area (Å²) in [6, 6.07) is 4.77. The van der Waals surface area contributed by atoms with Crippen molar-refractivity contribution in [1.29, 1.82) is 0 Å². The van der Waals surface area contributed by atoms with E-state index in [1.165, 1.54) is 18.9 Å². The number of ether oxygens (including phenoxy) is 1. The molecule has 1 spiro atoms. The predicted octanol–water partition coefficient (Wildman–Crippen LogP) is 3.39. The van der Waals surface area contributed by atoms with Gasteiger partial charge in [0, 0.05) is 12.2 Å². The monoisotopic (exact) mass is 250 g/mol. The van der Waals surface area contributed by atoms with Crippen LogP contribution in [0.5, 0.6) is 5.75 Å². The minimum Gasteiger partial charge on any atom is -0.487 e. The van der Waals surface area contributed by atoms with Crippen LogP contribution in [0.3, 0.4) is 0 Å². The van der Waals surface area contributed by atoms with Crippen molar-refractivity contribution in [3.8, 4) is 5.75 Å². The zero-order valence-corrected chi connectivity index (χ0v) is 10.5. The Hall–Kier alpha value is -1.09. The summed E-state index contributed by atoms with van der Waals surface area (Å²) >= 11 is 0. The Bertz CT molecular complexity index is 438. The smallest absolute Gasteiger partial charge is 0.123 e. The van der Waals surface area contributed by atoms with Crippen molar-refractivity contribution in [1.82, 2.24) is 0 Å². The molecule has 1 aromatic rings. The maximum atomic E-state index is 13.4. The molecule has 1 heterocycles. The number of aliphatic hydroxyl groups is 1. The zero-order chi connectivity index (χ0) is 12.6. The summed E-state index contributed by atoms with van der Waals surface area (Å²) < 4.78 is 19.5. The average Bonchev–Trinajstić information content (AvgIpc) is 2.79. The lowest BCUT2D eigenvalue weighted by Gasteiger charge is -2.40. The van der Waals surface area contributed by atoms with Gasteiger partial charge in [0.2, 0.25) is 0 Å². The third kappa shape index (κ3) is 2.01. The van der Waals surface area contributed by atoms with Crippen molar-refractivity contribution in [2.24, 2.45) is 0 Å². The van der Waals surface area contributed by atoms with Crippen LogP contribution in [0.1, 0.15) is 50.0 Å². The van der Waals surface area contributed by atoms with Gasteiger partial charge in [-0.15, -0.1) is 0 Å². The van der Waals surface area contributed by atoms with Gasteiger partial charge in [0.15, 0.2) is 0 Å². The fourth-order valence-corrected chi connectivity index (χ4v) is 3.50. The second-order valence-corrected chi connectivity index (χ2v) is 5.59. The second-order valence-electron chi connectivity index (χ2n) is 5.59. The third-order valence-corrected chi connectivity index (χ3v) is 4.35. The number of aliphatic hydroxyl groups excluding tert-OH is 1. The average molecular weight is 250 g/mol. The molecule has 1 fully saturated rings. The van der Waals surface area contributed by atoms with Crippen molar-refractivity contribution in [2.45, 2.75) is 50.0 Å². The molecule has 1 atom stereocenters. The van der Waals surface area contributed by atoms with E-state index in [9.17, 15) is 9.50 Å². The van der Waals surface area contributed by atoms with Gasteiger partial charge in [-0.25, -0.2) is 4.39 Å². The third-order valence-electron chi connectivity index (χ3n) is 4.35. The molecule has 1 saturated carbocycles. The number of hydrogen-bond donors (Lipinski definition) is 1. The molecule has 0 saturated heterocycles. The van der Waals surface area contributed by atoms with E-state index in [0.29, 0.717) is 6.42 Å². The maximum absolute atomic E-state index is 13.4. The normalized spacial score (nSPS) is 24.9. The summed E-state index contributed by atoms with van der Waals surface area (Å²) in [5.74, 6) is 0.832. The van der Waals surface area contributed by atoms with E-state index < -0.39 is 0 Å². The van der Waals surface area contributed by atoms with Crippen molar-refractivity contribution in [2.75, 3.05) is 6.61 Å². The highest BCUT2D eigenvalue weighted by molar-refractivity contribution is 5.40. The van der Waals surface area contributed by atoms with E-state index in [4.69, 9.17) is 4.74 Å². The van der Waals surface area contributed by atoms with Gasteiger partial charge in [-0.2, -0.15) is 0 Å². The zero-order valence-electron chi connectivity index (χ0n) is 10.5. The van der Waals surface area contributed by atoms with E-state index in [-0.39, 0.29) is 23.9 Å². The molecule has 2 nitrogen and oxygen atoms in total. The van der Waals surface area contributed by atoms with Crippen LogP contribution in [-0.4, -0.2) is 17.3 Å². The van der Waals surface area contributed by atoms with Crippen molar-refractivity contribution < 1.29 is 14.2 Å². The Labute approximate surface area is 107 Å². The first-order valence-electron chi connectivity index (χ1n) is 6.82. The molecule has 0 amide bonds. The van der Waals surface area contributed by atoms with Gasteiger partial charge in [0.25, 0.3) is 0 Å². The second kappa shape index (κ2) is 4.54. The molecule has 18 heavy (non-hydrogen) atoms. The van der Waals surface area contributed by atoms with E-state index in [1.807, 2.05) is 0 Å². The van der Waals surface area contributed by atoms with Crippen LogP contribution < -0.4 is 4.74 Å². The lowest BCUT2D eigenvalue weighted by molar-refractivity contribution is 0.0379. The van der Waals surface area contributed by atoms with Crippen LogP contribution in [0, 0.1) is 5.82 Å². The highest BCUT2D eigenvalue weighted by Gasteiger charge is 2.42. The Kier molecular flexibility index (Phi) is 3.02. The highest BCUT2D eigenvalue weighted by Crippen LogP contribution is 2.49. The van der Waals surface area contributed by atoms with E-state index >= 15 is 0 Å². The lowest BCUT2D eigenvalue weighted by Crippen LogP contribution is -2.38. The maximum Gasteiger partial charge on any atom is 0.123 e. The van der Waals surface area contributed by atoms with Crippen LogP contribution in [0.25, 0.3) is 0 Å². The number of halogens is 1. The summed E-state index contributed by atoms with van der Waals surface area (Å²) in [6.07, 6.45) is 6.22. The molecule has 2 aliphatic rings. The molecule has 0 bridgehead atoms. The van der Waals surface area contributed by atoms with Crippen LogP contribution >= 0.6 is 0 Å². The SMILES string of the molecule is OCCC1CC2(CCCC2)Oc2ccc(F)cc21. The van der Waals surface area contributed by atoms with Crippen LogP contribution in [0.2, 0.25) is 0 Å².